The zero-order valence-electron chi connectivity index (χ0n) is 16.2. The summed E-state index contributed by atoms with van der Waals surface area (Å²) >= 11 is 0. The normalized spacial score (nSPS) is 11.5. The summed E-state index contributed by atoms with van der Waals surface area (Å²) < 4.78 is 41.1. The van der Waals surface area contributed by atoms with Gasteiger partial charge < -0.3 is 0 Å². The van der Waals surface area contributed by atoms with E-state index in [1.807, 2.05) is 19.1 Å². The molecule has 0 aliphatic rings. The molecule has 3 aromatic carbocycles. The Hall–Kier alpha value is -3.38. The highest BCUT2D eigenvalue weighted by molar-refractivity contribution is 7.91. The number of hydrogen-bond acceptors (Lipinski definition) is 4. The van der Waals surface area contributed by atoms with Crippen LogP contribution in [-0.2, 0) is 16.3 Å². The number of sulfone groups is 1. The molecule has 0 aliphatic carbocycles. The Morgan fingerprint density at radius 1 is 0.967 bits per heavy atom. The predicted octanol–water partition coefficient (Wildman–Crippen LogP) is 5.00. The van der Waals surface area contributed by atoms with Crippen molar-refractivity contribution >= 4 is 26.5 Å². The van der Waals surface area contributed by atoms with E-state index in [1.54, 1.807) is 30.3 Å². The Kier molecular flexibility index (Phi) is 5.18. The molecule has 0 radical (unpaired) electrons. The van der Waals surface area contributed by atoms with Crippen molar-refractivity contribution in [2.45, 2.75) is 23.1 Å². The minimum atomic E-state index is -4.11. The van der Waals surface area contributed by atoms with E-state index in [-0.39, 0.29) is 20.7 Å². The van der Waals surface area contributed by atoms with Crippen molar-refractivity contribution in [3.63, 3.8) is 0 Å². The molecule has 0 fully saturated rings. The van der Waals surface area contributed by atoms with Gasteiger partial charge in [0.2, 0.25) is 9.84 Å². The van der Waals surface area contributed by atoms with E-state index in [2.05, 4.69) is 4.98 Å². The second kappa shape index (κ2) is 7.80. The van der Waals surface area contributed by atoms with Gasteiger partial charge in [-0.1, -0.05) is 49.4 Å². The third kappa shape index (κ3) is 3.50. The van der Waals surface area contributed by atoms with Crippen molar-refractivity contribution in [2.75, 3.05) is 0 Å². The second-order valence-corrected chi connectivity index (χ2v) is 8.75. The lowest BCUT2D eigenvalue weighted by atomic mass is 10.0. The number of carbonyl (C=O) groups is 1. The Balaban J connectivity index is 2.00. The highest BCUT2D eigenvalue weighted by Gasteiger charge is 2.28. The number of ketones is 1. The number of aryl methyl sites for hydroxylation is 1. The van der Waals surface area contributed by atoms with E-state index < -0.39 is 21.4 Å². The fraction of sp³-hybridized carbons (Fsp3) is 0.0833. The number of pyridine rings is 1. The molecule has 4 nitrogen and oxygen atoms in total. The summed E-state index contributed by atoms with van der Waals surface area (Å²) in [5, 5.41) is 0.0786. The number of carbonyl (C=O) groups excluding carboxylic acids is 1. The van der Waals surface area contributed by atoms with Gasteiger partial charge in [-0.3, -0.25) is 9.78 Å². The van der Waals surface area contributed by atoms with E-state index >= 15 is 0 Å². The van der Waals surface area contributed by atoms with E-state index in [0.29, 0.717) is 11.1 Å². The molecular formula is C24H18FNO3S. The topological polar surface area (TPSA) is 64.1 Å². The SMILES string of the molecule is CCc1ccc(C(=O)c2cnc3ccc(F)cc3c2S(=O)(=O)c2ccccc2)cc1. The summed E-state index contributed by atoms with van der Waals surface area (Å²) in [5.74, 6) is -1.09. The van der Waals surface area contributed by atoms with Crippen molar-refractivity contribution in [3.8, 4) is 0 Å². The molecule has 4 aromatic rings. The lowest BCUT2D eigenvalue weighted by Crippen LogP contribution is -2.13. The molecule has 0 atom stereocenters. The standard InChI is InChI=1S/C24H18FNO3S/c1-2-16-8-10-17(11-9-16)23(27)21-15-26-22-13-12-18(25)14-20(22)24(21)30(28,29)19-6-4-3-5-7-19/h3-15H,2H2,1H3. The molecule has 1 heterocycles. The van der Waals surface area contributed by atoms with Gasteiger partial charge in [-0.15, -0.1) is 0 Å². The molecule has 6 heteroatoms. The summed E-state index contributed by atoms with van der Waals surface area (Å²) in [7, 11) is -4.11. The third-order valence-corrected chi connectivity index (χ3v) is 6.84. The molecule has 0 saturated carbocycles. The van der Waals surface area contributed by atoms with Crippen LogP contribution in [0.15, 0.2) is 88.8 Å². The summed E-state index contributed by atoms with van der Waals surface area (Å²) in [5.41, 5.74) is 1.61. The average molecular weight is 419 g/mol. The zero-order chi connectivity index (χ0) is 21.3. The maximum absolute atomic E-state index is 14.0. The number of benzene rings is 3. The van der Waals surface area contributed by atoms with Crippen LogP contribution < -0.4 is 0 Å². The highest BCUT2D eigenvalue weighted by atomic mass is 32.2. The third-order valence-electron chi connectivity index (χ3n) is 4.97. The van der Waals surface area contributed by atoms with Crippen LogP contribution in [0.4, 0.5) is 4.39 Å². The van der Waals surface area contributed by atoms with Gasteiger partial charge in [0.15, 0.2) is 5.78 Å². The van der Waals surface area contributed by atoms with Crippen molar-refractivity contribution in [1.82, 2.24) is 4.98 Å². The van der Waals surface area contributed by atoms with Gasteiger partial charge in [-0.25, -0.2) is 12.8 Å². The van der Waals surface area contributed by atoms with Gasteiger partial charge in [0.05, 0.1) is 20.9 Å². The zero-order valence-corrected chi connectivity index (χ0v) is 17.0. The van der Waals surface area contributed by atoms with Crippen molar-refractivity contribution < 1.29 is 17.6 Å². The van der Waals surface area contributed by atoms with Gasteiger partial charge in [-0.2, -0.15) is 0 Å². The summed E-state index contributed by atoms with van der Waals surface area (Å²) in [4.78, 5) is 17.3. The Labute approximate surface area is 173 Å². The molecule has 0 unspecified atom stereocenters. The minimum absolute atomic E-state index is 0.0251. The lowest BCUT2D eigenvalue weighted by Gasteiger charge is -2.13. The molecule has 0 spiro atoms. The van der Waals surface area contributed by atoms with E-state index in [1.165, 1.54) is 30.5 Å². The van der Waals surface area contributed by atoms with Gasteiger partial charge in [0.25, 0.3) is 0 Å². The van der Waals surface area contributed by atoms with Crippen LogP contribution in [0.3, 0.4) is 0 Å². The van der Waals surface area contributed by atoms with E-state index in [0.717, 1.165) is 18.1 Å². The monoisotopic (exact) mass is 419 g/mol. The summed E-state index contributed by atoms with van der Waals surface area (Å²) in [6.07, 6.45) is 2.07. The van der Waals surface area contributed by atoms with Crippen molar-refractivity contribution in [3.05, 3.63) is 102 Å². The molecule has 0 aliphatic heterocycles. The molecule has 4 rings (SSSR count). The van der Waals surface area contributed by atoms with Gasteiger partial charge in [-0.05, 0) is 42.3 Å². The molecule has 150 valence electrons. The second-order valence-electron chi connectivity index (χ2n) is 6.86. The first-order valence-corrected chi connectivity index (χ1v) is 10.9. The van der Waals surface area contributed by atoms with Crippen LogP contribution in [0.5, 0.6) is 0 Å². The van der Waals surface area contributed by atoms with Gasteiger partial charge >= 0.3 is 0 Å². The van der Waals surface area contributed by atoms with Crippen LogP contribution >= 0.6 is 0 Å². The number of halogens is 1. The van der Waals surface area contributed by atoms with Crippen LogP contribution in [-0.4, -0.2) is 19.2 Å². The number of hydrogen-bond donors (Lipinski definition) is 0. The molecule has 0 saturated heterocycles. The molecule has 0 bridgehead atoms. The first-order valence-electron chi connectivity index (χ1n) is 9.44. The molecule has 0 N–H and O–H groups in total. The average Bonchev–Trinajstić information content (AvgIpc) is 2.78. The van der Waals surface area contributed by atoms with Gasteiger partial charge in [0.1, 0.15) is 5.82 Å². The lowest BCUT2D eigenvalue weighted by molar-refractivity contribution is 0.103. The van der Waals surface area contributed by atoms with E-state index in [4.69, 9.17) is 0 Å². The van der Waals surface area contributed by atoms with E-state index in [9.17, 15) is 17.6 Å². The Morgan fingerprint density at radius 2 is 1.67 bits per heavy atom. The fourth-order valence-electron chi connectivity index (χ4n) is 3.36. The fourth-order valence-corrected chi connectivity index (χ4v) is 5.00. The number of fused-ring (bicyclic) bond motifs is 1. The van der Waals surface area contributed by atoms with Crippen LogP contribution in [0.25, 0.3) is 10.9 Å². The first kappa shape index (κ1) is 19.9. The molecule has 0 amide bonds. The minimum Gasteiger partial charge on any atom is -0.289 e. The maximum atomic E-state index is 14.0. The summed E-state index contributed by atoms with van der Waals surface area (Å²) in [6, 6.07) is 18.5. The van der Waals surface area contributed by atoms with Crippen LogP contribution in [0, 0.1) is 5.82 Å². The quantitative estimate of drug-likeness (QED) is 0.427. The summed E-state index contributed by atoms with van der Waals surface area (Å²) in [6.45, 7) is 2.00. The van der Waals surface area contributed by atoms with Gasteiger partial charge in [0, 0.05) is 17.1 Å². The van der Waals surface area contributed by atoms with Crippen molar-refractivity contribution in [1.29, 1.82) is 0 Å². The Morgan fingerprint density at radius 3 is 2.33 bits per heavy atom. The smallest absolute Gasteiger partial charge is 0.208 e. The maximum Gasteiger partial charge on any atom is 0.208 e. The predicted molar refractivity (Wildman–Crippen MR) is 113 cm³/mol. The number of rotatable bonds is 5. The number of aromatic nitrogens is 1. The molecular weight excluding hydrogens is 401 g/mol. The molecule has 30 heavy (non-hydrogen) atoms. The van der Waals surface area contributed by atoms with Crippen LogP contribution in [0.1, 0.15) is 28.4 Å². The van der Waals surface area contributed by atoms with Crippen LogP contribution in [0.2, 0.25) is 0 Å². The largest absolute Gasteiger partial charge is 0.289 e. The van der Waals surface area contributed by atoms with Crippen molar-refractivity contribution in [2.24, 2.45) is 0 Å². The highest BCUT2D eigenvalue weighted by Crippen LogP contribution is 2.32. The number of nitrogens with zero attached hydrogens (tertiary/aromatic N) is 1. The molecule has 1 aromatic heterocycles. The first-order chi connectivity index (χ1) is 14.4. The Bertz CT molecular complexity index is 1350.